The Morgan fingerprint density at radius 3 is 1.96 bits per heavy atom. The molecule has 0 heterocycles. The Labute approximate surface area is 292 Å². The van der Waals surface area contributed by atoms with Crippen LogP contribution in [0.3, 0.4) is 0 Å². The zero-order chi connectivity index (χ0) is 35.4. The summed E-state index contributed by atoms with van der Waals surface area (Å²) in [6.07, 6.45) is 43.0. The van der Waals surface area contributed by atoms with Crippen molar-refractivity contribution in [1.29, 1.82) is 0 Å². The molecule has 0 aliphatic carbocycles. The topological polar surface area (TPSA) is 123 Å². The quantitative estimate of drug-likeness (QED) is 0.0155. The molecule has 0 saturated heterocycles. The Balaban J connectivity index is 4.11. The van der Waals surface area contributed by atoms with Gasteiger partial charge in [-0.3, -0.25) is 9.32 Å². The van der Waals surface area contributed by atoms with Gasteiger partial charge < -0.3 is 24.4 Å². The van der Waals surface area contributed by atoms with E-state index in [2.05, 4.69) is 36.6 Å². The predicted molar refractivity (Wildman–Crippen MR) is 198 cm³/mol. The fourth-order valence-electron chi connectivity index (χ4n) is 4.70. The average Bonchev–Trinajstić information content (AvgIpc) is 3.05. The number of phosphoric acid groups is 1. The van der Waals surface area contributed by atoms with Crippen LogP contribution in [0.25, 0.3) is 0 Å². The monoisotopic (exact) mass is 694 g/mol. The van der Waals surface area contributed by atoms with Gasteiger partial charge in [-0.2, -0.15) is 0 Å². The number of hydrogen-bond acceptors (Lipinski definition) is 6. The van der Waals surface area contributed by atoms with Crippen LogP contribution in [0, 0.1) is 0 Å². The lowest BCUT2D eigenvalue weighted by atomic mass is 10.0. The molecule has 0 aromatic heterocycles. The molecule has 0 amide bonds. The lowest BCUT2D eigenvalue weighted by Gasteiger charge is -2.17. The normalized spacial score (nSPS) is 14.1. The molecule has 0 aliphatic heterocycles. The van der Waals surface area contributed by atoms with E-state index in [0.29, 0.717) is 19.3 Å². The molecule has 48 heavy (non-hydrogen) atoms. The summed E-state index contributed by atoms with van der Waals surface area (Å²) in [6, 6.07) is 0. The third-order valence-corrected chi connectivity index (χ3v) is 7.90. The molecule has 276 valence electrons. The summed E-state index contributed by atoms with van der Waals surface area (Å²) in [5.74, 6) is -0.470. The van der Waals surface area contributed by atoms with Crippen LogP contribution in [0.15, 0.2) is 73.1 Å². The van der Waals surface area contributed by atoms with E-state index in [4.69, 9.17) is 19.3 Å². The maximum atomic E-state index is 12.3. The fourth-order valence-corrected chi connectivity index (χ4v) is 5.06. The van der Waals surface area contributed by atoms with Crippen molar-refractivity contribution in [2.75, 3.05) is 13.2 Å². The van der Waals surface area contributed by atoms with Crippen molar-refractivity contribution in [2.45, 2.75) is 154 Å². The van der Waals surface area contributed by atoms with Crippen LogP contribution < -0.4 is 0 Å². The van der Waals surface area contributed by atoms with Gasteiger partial charge in [-0.15, -0.1) is 0 Å². The highest BCUT2D eigenvalue weighted by molar-refractivity contribution is 7.46. The van der Waals surface area contributed by atoms with Crippen LogP contribution in [-0.2, 0) is 23.4 Å². The molecule has 0 spiro atoms. The predicted octanol–water partition coefficient (Wildman–Crippen LogP) is 10.5. The molecule has 0 fully saturated rings. The molecule has 8 nitrogen and oxygen atoms in total. The molecule has 0 bridgehead atoms. The zero-order valence-electron chi connectivity index (χ0n) is 30.0. The maximum Gasteiger partial charge on any atom is 0.469 e. The van der Waals surface area contributed by atoms with Gasteiger partial charge in [0.05, 0.1) is 19.0 Å². The molecule has 9 heteroatoms. The number of phosphoric ester groups is 1. The Morgan fingerprint density at radius 2 is 1.29 bits per heavy atom. The van der Waals surface area contributed by atoms with Crippen molar-refractivity contribution in [2.24, 2.45) is 0 Å². The molecule has 0 aromatic rings. The van der Waals surface area contributed by atoms with Gasteiger partial charge >= 0.3 is 13.8 Å². The van der Waals surface area contributed by atoms with Crippen molar-refractivity contribution in [3.8, 4) is 0 Å². The van der Waals surface area contributed by atoms with Gasteiger partial charge in [0, 0.05) is 6.42 Å². The molecule has 2 atom stereocenters. The summed E-state index contributed by atoms with van der Waals surface area (Å²) in [5, 5.41) is 9.96. The number of aliphatic hydroxyl groups excluding tert-OH is 1. The zero-order valence-corrected chi connectivity index (χ0v) is 30.9. The number of carbonyl (C=O) groups is 1. The highest BCUT2D eigenvalue weighted by atomic mass is 31.2. The minimum Gasteiger partial charge on any atom is -0.498 e. The first-order valence-electron chi connectivity index (χ1n) is 18.4. The van der Waals surface area contributed by atoms with Gasteiger partial charge in [0.1, 0.15) is 6.61 Å². The second kappa shape index (κ2) is 34.6. The Bertz CT molecular complexity index is 963. The summed E-state index contributed by atoms with van der Waals surface area (Å²) in [5.41, 5.74) is 0. The number of rotatable bonds is 33. The van der Waals surface area contributed by atoms with E-state index in [1.54, 1.807) is 12.3 Å². The Kier molecular flexibility index (Phi) is 33.0. The van der Waals surface area contributed by atoms with E-state index in [0.717, 1.165) is 32.1 Å². The number of esters is 1. The van der Waals surface area contributed by atoms with Crippen LogP contribution in [0.2, 0.25) is 0 Å². The molecule has 0 rings (SSSR count). The number of unbranched alkanes of at least 4 members (excludes halogenated alkanes) is 13. The van der Waals surface area contributed by atoms with Gasteiger partial charge in [-0.1, -0.05) is 145 Å². The Hall–Kier alpha value is -2.22. The molecule has 0 aliphatic rings. The van der Waals surface area contributed by atoms with Crippen molar-refractivity contribution < 1.29 is 38.3 Å². The maximum absolute atomic E-state index is 12.3. The van der Waals surface area contributed by atoms with Gasteiger partial charge in [0.15, 0.2) is 6.10 Å². The summed E-state index contributed by atoms with van der Waals surface area (Å²) >= 11 is 0. The van der Waals surface area contributed by atoms with E-state index in [-0.39, 0.29) is 13.0 Å². The van der Waals surface area contributed by atoms with Crippen LogP contribution in [0.4, 0.5) is 0 Å². The number of hydrogen-bond donors (Lipinski definition) is 3. The van der Waals surface area contributed by atoms with Crippen LogP contribution >= 0.6 is 7.82 Å². The minimum atomic E-state index is -4.70. The SMILES string of the molecule is CC/C=C\C/C=C\CC(O)/C=C/C=C\C/C=C\CCCC(=O)O[C@H](CO/C=C/CCCCCCCCCCCCCC)COP(=O)(O)O. The third kappa shape index (κ3) is 36.6. The summed E-state index contributed by atoms with van der Waals surface area (Å²) in [6.45, 7) is 3.85. The number of carbonyl (C=O) groups excluding carboxylic acids is 1. The summed E-state index contributed by atoms with van der Waals surface area (Å²) in [4.78, 5) is 30.4. The third-order valence-electron chi connectivity index (χ3n) is 7.42. The van der Waals surface area contributed by atoms with Crippen LogP contribution in [0.5, 0.6) is 0 Å². The fraction of sp³-hybridized carbons (Fsp3) is 0.667. The van der Waals surface area contributed by atoms with E-state index >= 15 is 0 Å². The molecule has 0 radical (unpaired) electrons. The molecular formula is C39H67O8P. The van der Waals surface area contributed by atoms with Gasteiger partial charge in [0.2, 0.25) is 0 Å². The van der Waals surface area contributed by atoms with Crippen molar-refractivity contribution in [3.05, 3.63) is 73.1 Å². The van der Waals surface area contributed by atoms with E-state index in [9.17, 15) is 14.5 Å². The highest BCUT2D eigenvalue weighted by Crippen LogP contribution is 2.35. The number of ether oxygens (including phenoxy) is 2. The largest absolute Gasteiger partial charge is 0.498 e. The highest BCUT2D eigenvalue weighted by Gasteiger charge is 2.21. The van der Waals surface area contributed by atoms with Gasteiger partial charge in [-0.25, -0.2) is 4.57 Å². The van der Waals surface area contributed by atoms with E-state index in [1.165, 1.54) is 70.6 Å². The van der Waals surface area contributed by atoms with Crippen molar-refractivity contribution >= 4 is 13.8 Å². The van der Waals surface area contributed by atoms with Gasteiger partial charge in [0.25, 0.3) is 0 Å². The molecule has 3 N–H and O–H groups in total. The summed E-state index contributed by atoms with van der Waals surface area (Å²) in [7, 11) is -4.70. The van der Waals surface area contributed by atoms with Crippen LogP contribution in [0.1, 0.15) is 142 Å². The second-order valence-corrected chi connectivity index (χ2v) is 13.3. The van der Waals surface area contributed by atoms with Crippen molar-refractivity contribution in [1.82, 2.24) is 0 Å². The summed E-state index contributed by atoms with van der Waals surface area (Å²) < 4.78 is 26.6. The Morgan fingerprint density at radius 1 is 0.688 bits per heavy atom. The first-order valence-corrected chi connectivity index (χ1v) is 19.9. The van der Waals surface area contributed by atoms with E-state index < -0.39 is 32.6 Å². The molecule has 1 unspecified atom stereocenters. The average molecular weight is 695 g/mol. The standard InChI is InChI=1S/C39H67O8P/c1-3-5-7-9-11-12-13-14-15-16-19-22-26-30-34-45-35-38(36-46-48(42,43)44)47-39(41)33-29-25-21-18-17-20-24-28-32-37(40)31-27-23-10-8-6-4-2/h6,8,18,20-21,23-24,27-28,30,32,34,37-38,40H,3-5,7,9-17,19,22,25-26,29,31,33,35-36H2,1-2H3,(H2,42,43,44)/b8-6-,21-18-,24-20-,27-23-,32-28+,34-30+/t37?,38-/m1/s1. The lowest BCUT2D eigenvalue weighted by molar-refractivity contribution is -0.153. The number of aliphatic hydroxyl groups is 1. The molecule has 0 aromatic carbocycles. The van der Waals surface area contributed by atoms with Crippen molar-refractivity contribution in [3.63, 3.8) is 0 Å². The molecule has 0 saturated carbocycles. The smallest absolute Gasteiger partial charge is 0.469 e. The second-order valence-electron chi connectivity index (χ2n) is 12.1. The lowest BCUT2D eigenvalue weighted by Crippen LogP contribution is -2.27. The first-order chi connectivity index (χ1) is 23.3. The van der Waals surface area contributed by atoms with Gasteiger partial charge in [-0.05, 0) is 57.4 Å². The first kappa shape index (κ1) is 45.8. The van der Waals surface area contributed by atoms with Crippen LogP contribution in [-0.4, -0.2) is 46.3 Å². The minimum absolute atomic E-state index is 0.0499. The number of allylic oxidation sites excluding steroid dienone is 9. The van der Waals surface area contributed by atoms with E-state index in [1.807, 2.05) is 42.5 Å². The molecular weight excluding hydrogens is 627 g/mol.